The molecule has 116 valence electrons. The van der Waals surface area contributed by atoms with Crippen LogP contribution in [-0.4, -0.2) is 22.8 Å². The maximum atomic E-state index is 11.9. The van der Waals surface area contributed by atoms with Gasteiger partial charge in [-0.1, -0.05) is 23.9 Å². The van der Waals surface area contributed by atoms with Gasteiger partial charge in [-0.2, -0.15) is 0 Å². The quantitative estimate of drug-likeness (QED) is 0.498. The lowest BCUT2D eigenvalue weighted by molar-refractivity contribution is 0.0960. The Morgan fingerprint density at radius 1 is 1.30 bits per heavy atom. The van der Waals surface area contributed by atoms with Crippen molar-refractivity contribution in [3.05, 3.63) is 56.6 Å². The van der Waals surface area contributed by atoms with Gasteiger partial charge < -0.3 is 5.32 Å². The highest BCUT2D eigenvalue weighted by atomic mass is 127. The average Bonchev–Trinajstić information content (AvgIpc) is 2.90. The molecule has 1 amide bonds. The first-order valence-electron chi connectivity index (χ1n) is 6.65. The molecular formula is C15H11IN4O2S. The topological polar surface area (TPSA) is 76.3 Å². The van der Waals surface area contributed by atoms with E-state index >= 15 is 0 Å². The van der Waals surface area contributed by atoms with E-state index in [1.165, 1.54) is 11.8 Å². The van der Waals surface area contributed by atoms with Crippen molar-refractivity contribution in [2.24, 2.45) is 5.29 Å². The van der Waals surface area contributed by atoms with E-state index in [0.29, 0.717) is 11.1 Å². The van der Waals surface area contributed by atoms with Gasteiger partial charge in [0.2, 0.25) is 0 Å². The number of rotatable bonds is 4. The molecule has 3 aromatic rings. The fourth-order valence-corrected chi connectivity index (χ4v) is 3.81. The zero-order chi connectivity index (χ0) is 16.4. The van der Waals surface area contributed by atoms with Crippen LogP contribution in [0, 0.1) is 8.61 Å². The number of fused-ring (bicyclic) bond motifs is 1. The molecule has 1 heterocycles. The number of hydrogen-bond donors (Lipinski definition) is 1. The summed E-state index contributed by atoms with van der Waals surface area (Å²) in [5, 5.41) is 10.5. The average molecular weight is 438 g/mol. The molecule has 23 heavy (non-hydrogen) atoms. The molecule has 0 aliphatic carbocycles. The van der Waals surface area contributed by atoms with E-state index in [-0.39, 0.29) is 5.91 Å². The summed E-state index contributed by atoms with van der Waals surface area (Å²) >= 11 is 3.52. The maximum Gasteiger partial charge on any atom is 0.252 e. The van der Waals surface area contributed by atoms with Gasteiger partial charge in [-0.15, -0.1) is 14.8 Å². The number of carbonyl (C=O) groups excluding carboxylic acids is 1. The monoisotopic (exact) mass is 438 g/mol. The SMILES string of the molecule is CNC(=O)c1ccccc1Sc1ccc2c(I)nn(N=O)c2c1. The van der Waals surface area contributed by atoms with Crippen LogP contribution in [0.25, 0.3) is 10.9 Å². The molecule has 0 atom stereocenters. The summed E-state index contributed by atoms with van der Waals surface area (Å²) in [4.78, 5) is 25.6. The van der Waals surface area contributed by atoms with Crippen LogP contribution >= 0.6 is 34.4 Å². The molecule has 3 rings (SSSR count). The standard InChI is InChI=1S/C15H11IN4O2S/c1-17-15(21)11-4-2-3-5-13(11)23-9-6-7-10-12(8-9)20(19-22)18-14(10)16/h2-8H,1H3,(H,17,21). The van der Waals surface area contributed by atoms with Gasteiger partial charge in [0.25, 0.3) is 5.91 Å². The Morgan fingerprint density at radius 2 is 2.09 bits per heavy atom. The van der Waals surface area contributed by atoms with Gasteiger partial charge in [-0.05, 0) is 52.9 Å². The van der Waals surface area contributed by atoms with Crippen molar-refractivity contribution in [2.45, 2.75) is 9.79 Å². The van der Waals surface area contributed by atoms with Crippen molar-refractivity contribution in [1.29, 1.82) is 0 Å². The second kappa shape index (κ2) is 6.67. The van der Waals surface area contributed by atoms with E-state index in [1.807, 2.05) is 36.4 Å². The molecule has 0 aliphatic rings. The van der Waals surface area contributed by atoms with Crippen molar-refractivity contribution < 1.29 is 4.79 Å². The molecule has 0 aliphatic heterocycles. The van der Waals surface area contributed by atoms with Crippen molar-refractivity contribution in [1.82, 2.24) is 15.2 Å². The molecule has 0 saturated heterocycles. The third-order valence-corrected chi connectivity index (χ3v) is 5.12. The van der Waals surface area contributed by atoms with Crippen LogP contribution in [0.5, 0.6) is 0 Å². The molecular weight excluding hydrogens is 427 g/mol. The number of aromatic nitrogens is 2. The van der Waals surface area contributed by atoms with Crippen LogP contribution in [0.1, 0.15) is 10.4 Å². The molecule has 2 aromatic carbocycles. The summed E-state index contributed by atoms with van der Waals surface area (Å²) in [6.45, 7) is 0. The molecule has 1 N–H and O–H groups in total. The number of nitrogens with one attached hydrogen (secondary N) is 1. The molecule has 0 unspecified atom stereocenters. The Morgan fingerprint density at radius 3 is 2.83 bits per heavy atom. The maximum absolute atomic E-state index is 11.9. The summed E-state index contributed by atoms with van der Waals surface area (Å²) in [7, 11) is 1.60. The number of amides is 1. The second-order valence-electron chi connectivity index (χ2n) is 4.62. The Balaban J connectivity index is 2.02. The molecule has 6 nitrogen and oxygen atoms in total. The molecule has 0 saturated carbocycles. The third-order valence-electron chi connectivity index (χ3n) is 3.25. The summed E-state index contributed by atoms with van der Waals surface area (Å²) < 4.78 is 0.722. The number of hydrogen-bond acceptors (Lipinski definition) is 5. The van der Waals surface area contributed by atoms with Crippen molar-refractivity contribution in [2.75, 3.05) is 7.05 Å². The fraction of sp³-hybridized carbons (Fsp3) is 0.0667. The largest absolute Gasteiger partial charge is 0.355 e. The molecule has 1 aromatic heterocycles. The molecule has 0 spiro atoms. The highest BCUT2D eigenvalue weighted by Crippen LogP contribution is 2.33. The van der Waals surface area contributed by atoms with Crippen molar-refractivity contribution >= 4 is 51.2 Å². The Labute approximate surface area is 149 Å². The smallest absolute Gasteiger partial charge is 0.252 e. The summed E-state index contributed by atoms with van der Waals surface area (Å²) in [5.41, 5.74) is 1.25. The lowest BCUT2D eigenvalue weighted by Crippen LogP contribution is -2.18. The number of benzene rings is 2. The normalized spacial score (nSPS) is 10.7. The van der Waals surface area contributed by atoms with Gasteiger partial charge in [0.05, 0.1) is 10.8 Å². The number of carbonyl (C=O) groups is 1. The van der Waals surface area contributed by atoms with E-state index in [2.05, 4.69) is 38.3 Å². The first-order valence-corrected chi connectivity index (χ1v) is 8.54. The zero-order valence-corrected chi connectivity index (χ0v) is 15.0. The van der Waals surface area contributed by atoms with Crippen LogP contribution < -0.4 is 5.32 Å². The highest BCUT2D eigenvalue weighted by molar-refractivity contribution is 14.1. The highest BCUT2D eigenvalue weighted by Gasteiger charge is 2.13. The Hall–Kier alpha value is -1.94. The Kier molecular flexibility index (Phi) is 4.62. The molecule has 0 bridgehead atoms. The predicted octanol–water partition coefficient (Wildman–Crippen LogP) is 3.68. The van der Waals surface area contributed by atoms with Gasteiger partial charge in [-0.3, -0.25) is 4.79 Å². The fourth-order valence-electron chi connectivity index (χ4n) is 2.17. The molecule has 0 radical (unpaired) electrons. The van der Waals surface area contributed by atoms with Crippen molar-refractivity contribution in [3.63, 3.8) is 0 Å². The minimum absolute atomic E-state index is 0.136. The van der Waals surface area contributed by atoms with Crippen LogP contribution in [0.15, 0.2) is 57.5 Å². The summed E-state index contributed by atoms with van der Waals surface area (Å²) in [6, 6.07) is 13.1. The minimum atomic E-state index is -0.136. The summed E-state index contributed by atoms with van der Waals surface area (Å²) in [5.74, 6) is -0.136. The zero-order valence-electron chi connectivity index (χ0n) is 12.0. The first kappa shape index (κ1) is 15.9. The lowest BCUT2D eigenvalue weighted by Gasteiger charge is -2.08. The van der Waals surface area contributed by atoms with Gasteiger partial charge in [-0.25, -0.2) is 0 Å². The van der Waals surface area contributed by atoms with E-state index < -0.39 is 0 Å². The van der Waals surface area contributed by atoms with Gasteiger partial charge in [0.15, 0.2) is 0 Å². The van der Waals surface area contributed by atoms with Gasteiger partial charge >= 0.3 is 0 Å². The lowest BCUT2D eigenvalue weighted by atomic mass is 10.2. The van der Waals surface area contributed by atoms with Crippen molar-refractivity contribution in [3.8, 4) is 0 Å². The van der Waals surface area contributed by atoms with Crippen LogP contribution in [-0.2, 0) is 0 Å². The molecule has 0 fully saturated rings. The third kappa shape index (κ3) is 3.08. The number of nitroso groups, excluding NO2 is 1. The van der Waals surface area contributed by atoms with Crippen LogP contribution in [0.2, 0.25) is 0 Å². The minimum Gasteiger partial charge on any atom is -0.355 e. The van der Waals surface area contributed by atoms with Gasteiger partial charge in [0, 0.05) is 22.2 Å². The van der Waals surface area contributed by atoms with Crippen LogP contribution in [0.3, 0.4) is 0 Å². The first-order chi connectivity index (χ1) is 11.1. The summed E-state index contributed by atoms with van der Waals surface area (Å²) in [6.07, 6.45) is 0. The van der Waals surface area contributed by atoms with E-state index in [4.69, 9.17) is 0 Å². The van der Waals surface area contributed by atoms with E-state index in [0.717, 1.165) is 23.7 Å². The van der Waals surface area contributed by atoms with Crippen LogP contribution in [0.4, 0.5) is 0 Å². The van der Waals surface area contributed by atoms with E-state index in [1.54, 1.807) is 13.1 Å². The van der Waals surface area contributed by atoms with E-state index in [9.17, 15) is 9.70 Å². The molecule has 8 heteroatoms. The predicted molar refractivity (Wildman–Crippen MR) is 97.6 cm³/mol. The Bertz CT molecular complexity index is 910. The second-order valence-corrected chi connectivity index (χ2v) is 6.76. The number of nitrogens with zero attached hydrogens (tertiary/aromatic N) is 3. The van der Waals surface area contributed by atoms with Gasteiger partial charge in [0.1, 0.15) is 9.22 Å². The number of halogens is 1.